The first kappa shape index (κ1) is 13.0. The number of hydrogen-bond acceptors (Lipinski definition) is 5. The highest BCUT2D eigenvalue weighted by Crippen LogP contribution is 2.23. The molecule has 2 aromatic heterocycles. The second kappa shape index (κ2) is 5.98. The van der Waals surface area contributed by atoms with Crippen molar-refractivity contribution in [3.63, 3.8) is 0 Å². The number of pyridine rings is 2. The van der Waals surface area contributed by atoms with Crippen LogP contribution in [-0.4, -0.2) is 34.6 Å². The zero-order valence-corrected chi connectivity index (χ0v) is 11.3. The normalized spacial score (nSPS) is 19.9. The molecule has 1 saturated heterocycles. The van der Waals surface area contributed by atoms with Gasteiger partial charge in [0.2, 0.25) is 0 Å². The molecular formula is C15H18N4O. The number of nitrogens with two attached hydrogens (primary N) is 1. The summed E-state index contributed by atoms with van der Waals surface area (Å²) in [4.78, 5) is 10.6. The monoisotopic (exact) mass is 270 g/mol. The molecule has 0 amide bonds. The quantitative estimate of drug-likeness (QED) is 0.918. The standard InChI is InChI=1S/C15H18N4O/c16-15-13(4-2-6-18-15)10-19-7-8-20-14(11-19)12-3-1-5-17-9-12/h1-6,9,14H,7-8,10-11H2,(H2,16,18). The van der Waals surface area contributed by atoms with Crippen molar-refractivity contribution in [2.45, 2.75) is 12.6 Å². The molecule has 0 aliphatic carbocycles. The third kappa shape index (κ3) is 2.95. The Morgan fingerprint density at radius 2 is 2.20 bits per heavy atom. The van der Waals surface area contributed by atoms with E-state index in [1.165, 1.54) is 0 Å². The lowest BCUT2D eigenvalue weighted by atomic mass is 10.1. The summed E-state index contributed by atoms with van der Waals surface area (Å²) in [5.41, 5.74) is 8.09. The molecule has 1 aliphatic rings. The molecule has 0 saturated carbocycles. The van der Waals surface area contributed by atoms with E-state index in [4.69, 9.17) is 10.5 Å². The SMILES string of the molecule is Nc1ncccc1CN1CCOC(c2cccnc2)C1. The van der Waals surface area contributed by atoms with E-state index in [9.17, 15) is 0 Å². The molecule has 2 N–H and O–H groups in total. The smallest absolute Gasteiger partial charge is 0.127 e. The van der Waals surface area contributed by atoms with Gasteiger partial charge >= 0.3 is 0 Å². The third-order valence-corrected chi connectivity index (χ3v) is 3.53. The van der Waals surface area contributed by atoms with Gasteiger partial charge in [-0.25, -0.2) is 4.98 Å². The van der Waals surface area contributed by atoms with Gasteiger partial charge in [-0.05, 0) is 12.1 Å². The van der Waals surface area contributed by atoms with Crippen LogP contribution in [0.5, 0.6) is 0 Å². The van der Waals surface area contributed by atoms with Crippen molar-refractivity contribution in [1.29, 1.82) is 0 Å². The van der Waals surface area contributed by atoms with Gasteiger partial charge in [0.15, 0.2) is 0 Å². The minimum atomic E-state index is 0.0790. The molecule has 0 spiro atoms. The molecule has 5 heteroatoms. The van der Waals surface area contributed by atoms with Crippen LogP contribution >= 0.6 is 0 Å². The molecule has 5 nitrogen and oxygen atoms in total. The molecule has 1 unspecified atom stereocenters. The molecule has 3 rings (SSSR count). The Morgan fingerprint density at radius 3 is 3.00 bits per heavy atom. The van der Waals surface area contributed by atoms with Crippen LogP contribution in [0, 0.1) is 0 Å². The molecule has 0 aromatic carbocycles. The Morgan fingerprint density at radius 1 is 1.30 bits per heavy atom. The van der Waals surface area contributed by atoms with Gasteiger partial charge in [-0.3, -0.25) is 9.88 Å². The zero-order chi connectivity index (χ0) is 13.8. The van der Waals surface area contributed by atoms with Crippen molar-refractivity contribution in [2.75, 3.05) is 25.4 Å². The highest BCUT2D eigenvalue weighted by atomic mass is 16.5. The van der Waals surface area contributed by atoms with E-state index < -0.39 is 0 Å². The first-order valence-electron chi connectivity index (χ1n) is 6.76. The second-order valence-corrected chi connectivity index (χ2v) is 4.93. The summed E-state index contributed by atoms with van der Waals surface area (Å²) in [6.45, 7) is 3.28. The van der Waals surface area contributed by atoms with E-state index in [1.54, 1.807) is 12.4 Å². The number of morpholine rings is 1. The molecule has 1 fully saturated rings. The van der Waals surface area contributed by atoms with Crippen molar-refractivity contribution in [2.24, 2.45) is 0 Å². The fourth-order valence-corrected chi connectivity index (χ4v) is 2.44. The number of nitrogen functional groups attached to an aromatic ring is 1. The van der Waals surface area contributed by atoms with Crippen molar-refractivity contribution in [1.82, 2.24) is 14.9 Å². The minimum absolute atomic E-state index is 0.0790. The summed E-state index contributed by atoms with van der Waals surface area (Å²) < 4.78 is 5.83. The maximum atomic E-state index is 5.90. The van der Waals surface area contributed by atoms with Gasteiger partial charge in [0.25, 0.3) is 0 Å². The first-order chi connectivity index (χ1) is 9.83. The first-order valence-corrected chi connectivity index (χ1v) is 6.76. The maximum Gasteiger partial charge on any atom is 0.127 e. The van der Waals surface area contributed by atoms with Crippen LogP contribution in [0.25, 0.3) is 0 Å². The number of nitrogens with zero attached hydrogens (tertiary/aromatic N) is 3. The number of rotatable bonds is 3. The lowest BCUT2D eigenvalue weighted by molar-refractivity contribution is -0.0330. The van der Waals surface area contributed by atoms with Gasteiger partial charge in [-0.1, -0.05) is 12.1 Å². The van der Waals surface area contributed by atoms with E-state index in [0.29, 0.717) is 5.82 Å². The molecule has 0 bridgehead atoms. The maximum absolute atomic E-state index is 5.90. The number of anilines is 1. The van der Waals surface area contributed by atoms with E-state index >= 15 is 0 Å². The second-order valence-electron chi connectivity index (χ2n) is 4.93. The average molecular weight is 270 g/mol. The average Bonchev–Trinajstić information content (AvgIpc) is 2.51. The molecule has 3 heterocycles. The number of ether oxygens (including phenoxy) is 1. The van der Waals surface area contributed by atoms with E-state index in [2.05, 4.69) is 20.9 Å². The predicted octanol–water partition coefficient (Wildman–Crippen LogP) is 1.63. The summed E-state index contributed by atoms with van der Waals surface area (Å²) >= 11 is 0. The van der Waals surface area contributed by atoms with Crippen LogP contribution in [0.3, 0.4) is 0 Å². The predicted molar refractivity (Wildman–Crippen MR) is 76.9 cm³/mol. The summed E-state index contributed by atoms with van der Waals surface area (Å²) in [6.07, 6.45) is 5.44. The summed E-state index contributed by atoms with van der Waals surface area (Å²) in [6, 6.07) is 7.94. The minimum Gasteiger partial charge on any atom is -0.383 e. The fourth-order valence-electron chi connectivity index (χ4n) is 2.44. The van der Waals surface area contributed by atoms with Crippen LogP contribution in [-0.2, 0) is 11.3 Å². The van der Waals surface area contributed by atoms with Crippen LogP contribution in [0.2, 0.25) is 0 Å². The van der Waals surface area contributed by atoms with E-state index in [0.717, 1.165) is 37.4 Å². The van der Waals surface area contributed by atoms with Crippen LogP contribution in [0.4, 0.5) is 5.82 Å². The van der Waals surface area contributed by atoms with Crippen LogP contribution in [0.1, 0.15) is 17.2 Å². The topological polar surface area (TPSA) is 64.3 Å². The summed E-state index contributed by atoms with van der Waals surface area (Å²) in [7, 11) is 0. The molecule has 104 valence electrons. The Bertz CT molecular complexity index is 561. The molecular weight excluding hydrogens is 252 g/mol. The van der Waals surface area contributed by atoms with Crippen molar-refractivity contribution >= 4 is 5.82 Å². The number of hydrogen-bond donors (Lipinski definition) is 1. The van der Waals surface area contributed by atoms with E-state index in [-0.39, 0.29) is 6.10 Å². The van der Waals surface area contributed by atoms with Gasteiger partial charge in [0, 0.05) is 49.4 Å². The van der Waals surface area contributed by atoms with Gasteiger partial charge in [0.1, 0.15) is 5.82 Å². The summed E-state index contributed by atoms with van der Waals surface area (Å²) in [5, 5.41) is 0. The molecule has 20 heavy (non-hydrogen) atoms. The third-order valence-electron chi connectivity index (χ3n) is 3.53. The zero-order valence-electron chi connectivity index (χ0n) is 11.3. The van der Waals surface area contributed by atoms with Crippen LogP contribution in [0.15, 0.2) is 42.9 Å². The Kier molecular flexibility index (Phi) is 3.90. The van der Waals surface area contributed by atoms with E-state index in [1.807, 2.05) is 24.4 Å². The van der Waals surface area contributed by atoms with Gasteiger partial charge in [-0.15, -0.1) is 0 Å². The highest BCUT2D eigenvalue weighted by Gasteiger charge is 2.22. The highest BCUT2D eigenvalue weighted by molar-refractivity contribution is 5.38. The molecule has 1 atom stereocenters. The largest absolute Gasteiger partial charge is 0.383 e. The molecule has 2 aromatic rings. The van der Waals surface area contributed by atoms with Crippen molar-refractivity contribution in [3.8, 4) is 0 Å². The Labute approximate surface area is 118 Å². The van der Waals surface area contributed by atoms with Crippen LogP contribution < -0.4 is 5.73 Å². The van der Waals surface area contributed by atoms with Crippen molar-refractivity contribution < 1.29 is 4.74 Å². The number of aromatic nitrogens is 2. The lowest BCUT2D eigenvalue weighted by Gasteiger charge is -2.33. The van der Waals surface area contributed by atoms with Gasteiger partial charge in [-0.2, -0.15) is 0 Å². The molecule has 1 aliphatic heterocycles. The van der Waals surface area contributed by atoms with Gasteiger partial charge < -0.3 is 10.5 Å². The summed E-state index contributed by atoms with van der Waals surface area (Å²) in [5.74, 6) is 0.608. The Hall–Kier alpha value is -1.98. The van der Waals surface area contributed by atoms with Gasteiger partial charge in [0.05, 0.1) is 12.7 Å². The molecule has 0 radical (unpaired) electrons. The lowest BCUT2D eigenvalue weighted by Crippen LogP contribution is -2.38. The Balaban J connectivity index is 1.68. The fraction of sp³-hybridized carbons (Fsp3) is 0.333. The van der Waals surface area contributed by atoms with Crippen molar-refractivity contribution in [3.05, 3.63) is 54.0 Å².